The Bertz CT molecular complexity index is 709. The lowest BCUT2D eigenvalue weighted by molar-refractivity contribution is -0.385. The highest BCUT2D eigenvalue weighted by atomic mass is 32.2. The van der Waals surface area contributed by atoms with Gasteiger partial charge in [0, 0.05) is 17.7 Å². The van der Waals surface area contributed by atoms with E-state index in [9.17, 15) is 27.7 Å². The topological polar surface area (TPSA) is 132 Å². The van der Waals surface area contributed by atoms with Gasteiger partial charge in [0.25, 0.3) is 11.6 Å². The largest absolute Gasteiger partial charge is 0.347 e. The Labute approximate surface area is 120 Å². The van der Waals surface area contributed by atoms with E-state index in [4.69, 9.17) is 5.14 Å². The fourth-order valence-electron chi connectivity index (χ4n) is 1.47. The van der Waals surface area contributed by atoms with Crippen LogP contribution in [0.2, 0.25) is 0 Å². The van der Waals surface area contributed by atoms with Crippen molar-refractivity contribution < 1.29 is 22.5 Å². The molecule has 0 aliphatic heterocycles. The van der Waals surface area contributed by atoms with Gasteiger partial charge in [-0.15, -0.1) is 0 Å². The molecule has 0 aliphatic carbocycles. The highest BCUT2D eigenvalue weighted by Gasteiger charge is 2.28. The van der Waals surface area contributed by atoms with Crippen LogP contribution in [0, 0.1) is 15.9 Å². The molecule has 0 aliphatic rings. The molecule has 8 nitrogen and oxygen atoms in total. The molecule has 1 amide bonds. The molecule has 116 valence electrons. The molecule has 0 saturated heterocycles. The van der Waals surface area contributed by atoms with Crippen molar-refractivity contribution in [3.63, 3.8) is 0 Å². The molecule has 0 saturated carbocycles. The number of nitrogens with zero attached hydrogens (tertiary/aromatic N) is 1. The van der Waals surface area contributed by atoms with Crippen LogP contribution in [0.1, 0.15) is 31.1 Å². The van der Waals surface area contributed by atoms with Crippen LogP contribution in [0.3, 0.4) is 0 Å². The van der Waals surface area contributed by atoms with Crippen molar-refractivity contribution in [3.8, 4) is 0 Å². The second kappa shape index (κ2) is 5.37. The number of primary sulfonamides is 1. The molecule has 0 heterocycles. The number of rotatable bonds is 3. The summed E-state index contributed by atoms with van der Waals surface area (Å²) >= 11 is 0. The van der Waals surface area contributed by atoms with Crippen molar-refractivity contribution >= 4 is 21.6 Å². The van der Waals surface area contributed by atoms with Gasteiger partial charge < -0.3 is 5.32 Å². The fourth-order valence-corrected chi connectivity index (χ4v) is 2.11. The lowest BCUT2D eigenvalue weighted by Crippen LogP contribution is -2.41. The summed E-state index contributed by atoms with van der Waals surface area (Å²) in [7, 11) is -4.55. The smallest absolute Gasteiger partial charge is 0.271 e. The number of nitrogens with one attached hydrogen (secondary N) is 1. The summed E-state index contributed by atoms with van der Waals surface area (Å²) in [6.45, 7) is 4.84. The van der Waals surface area contributed by atoms with Crippen LogP contribution in [0.25, 0.3) is 0 Å². The zero-order valence-corrected chi connectivity index (χ0v) is 12.3. The summed E-state index contributed by atoms with van der Waals surface area (Å²) in [5, 5.41) is 18.0. The third-order valence-electron chi connectivity index (χ3n) is 2.27. The van der Waals surface area contributed by atoms with Gasteiger partial charge in [-0.2, -0.15) is 0 Å². The zero-order chi connectivity index (χ0) is 16.6. The lowest BCUT2D eigenvalue weighted by Gasteiger charge is -2.20. The Morgan fingerprint density at radius 3 is 2.29 bits per heavy atom. The van der Waals surface area contributed by atoms with E-state index in [0.717, 1.165) is 0 Å². The Balaban J connectivity index is 3.55. The number of sulfonamides is 1. The van der Waals surface area contributed by atoms with Crippen LogP contribution >= 0.6 is 0 Å². The molecule has 0 atom stereocenters. The summed E-state index contributed by atoms with van der Waals surface area (Å²) in [6.07, 6.45) is 0. The Hall–Kier alpha value is -2.07. The van der Waals surface area contributed by atoms with Crippen LogP contribution in [0.15, 0.2) is 17.0 Å². The van der Waals surface area contributed by atoms with Crippen molar-refractivity contribution in [1.29, 1.82) is 0 Å². The maximum Gasteiger partial charge on any atom is 0.271 e. The first kappa shape index (κ1) is 17.0. The van der Waals surface area contributed by atoms with Crippen LogP contribution in [-0.2, 0) is 10.0 Å². The first-order valence-corrected chi connectivity index (χ1v) is 7.21. The van der Waals surface area contributed by atoms with E-state index in [-0.39, 0.29) is 0 Å². The third-order valence-corrected chi connectivity index (χ3v) is 3.18. The Morgan fingerprint density at radius 1 is 1.38 bits per heavy atom. The summed E-state index contributed by atoms with van der Waals surface area (Å²) < 4.78 is 36.6. The first-order valence-electron chi connectivity index (χ1n) is 5.66. The predicted molar refractivity (Wildman–Crippen MR) is 71.6 cm³/mol. The minimum Gasteiger partial charge on any atom is -0.347 e. The normalized spacial score (nSPS) is 12.0. The molecule has 1 aromatic rings. The van der Waals surface area contributed by atoms with Gasteiger partial charge in [0.05, 0.1) is 10.5 Å². The second-order valence-corrected chi connectivity index (χ2v) is 6.84. The predicted octanol–water partition coefficient (Wildman–Crippen LogP) is 0.910. The zero-order valence-electron chi connectivity index (χ0n) is 11.5. The van der Waals surface area contributed by atoms with Crippen molar-refractivity contribution in [3.05, 3.63) is 33.6 Å². The third kappa shape index (κ3) is 4.20. The molecule has 0 bridgehead atoms. The number of non-ortho nitro benzene ring substituents is 1. The van der Waals surface area contributed by atoms with Crippen molar-refractivity contribution in [2.75, 3.05) is 0 Å². The van der Waals surface area contributed by atoms with E-state index in [1.54, 1.807) is 20.8 Å². The Morgan fingerprint density at radius 2 is 1.90 bits per heavy atom. The molecule has 3 N–H and O–H groups in total. The quantitative estimate of drug-likeness (QED) is 0.631. The summed E-state index contributed by atoms with van der Waals surface area (Å²) in [4.78, 5) is 20.6. The van der Waals surface area contributed by atoms with Gasteiger partial charge in [0.15, 0.2) is 5.82 Å². The van der Waals surface area contributed by atoms with Gasteiger partial charge in [-0.05, 0) is 20.8 Å². The highest BCUT2D eigenvalue weighted by Crippen LogP contribution is 2.24. The molecule has 10 heteroatoms. The number of benzene rings is 1. The van der Waals surface area contributed by atoms with Gasteiger partial charge >= 0.3 is 0 Å². The molecule has 0 aromatic heterocycles. The highest BCUT2D eigenvalue weighted by molar-refractivity contribution is 7.89. The number of nitro groups is 1. The number of halogens is 1. The van der Waals surface area contributed by atoms with Gasteiger partial charge in [0.1, 0.15) is 4.90 Å². The van der Waals surface area contributed by atoms with Crippen molar-refractivity contribution in [1.82, 2.24) is 5.32 Å². The monoisotopic (exact) mass is 319 g/mol. The number of hydrogen-bond donors (Lipinski definition) is 2. The molecule has 21 heavy (non-hydrogen) atoms. The van der Waals surface area contributed by atoms with Crippen molar-refractivity contribution in [2.45, 2.75) is 31.2 Å². The molecule has 0 unspecified atom stereocenters. The molecule has 0 fully saturated rings. The minimum absolute atomic E-state index is 0.471. The van der Waals surface area contributed by atoms with Gasteiger partial charge in [-0.3, -0.25) is 14.9 Å². The summed E-state index contributed by atoms with van der Waals surface area (Å²) in [5.41, 5.74) is -2.25. The van der Waals surface area contributed by atoms with E-state index in [1.165, 1.54) is 0 Å². The van der Waals surface area contributed by atoms with E-state index >= 15 is 0 Å². The van der Waals surface area contributed by atoms with Crippen LogP contribution in [0.5, 0.6) is 0 Å². The number of nitro benzene ring substituents is 1. The summed E-state index contributed by atoms with van der Waals surface area (Å²) in [5.74, 6) is -2.40. The maximum absolute atomic E-state index is 14.1. The maximum atomic E-state index is 14.1. The molecule has 0 radical (unpaired) electrons. The van der Waals surface area contributed by atoms with Crippen molar-refractivity contribution in [2.24, 2.45) is 5.14 Å². The van der Waals surface area contributed by atoms with Gasteiger partial charge in [0.2, 0.25) is 10.0 Å². The minimum atomic E-state index is -4.55. The standard InChI is InChI=1S/C11H14FN3O5S/c1-11(2,3)14-10(16)7-4-6(15(17)18)5-8(9(7)12)21(13,19)20/h4-5H,1-3H3,(H,14,16)(H2,13,19,20). The number of carbonyl (C=O) groups is 1. The van der Waals surface area contributed by atoms with E-state index < -0.39 is 48.4 Å². The Kier molecular flexibility index (Phi) is 4.34. The van der Waals surface area contributed by atoms with Crippen LogP contribution in [-0.4, -0.2) is 24.8 Å². The molecule has 0 spiro atoms. The van der Waals surface area contributed by atoms with E-state index in [0.29, 0.717) is 12.1 Å². The van der Waals surface area contributed by atoms with Gasteiger partial charge in [-0.1, -0.05) is 0 Å². The molecule has 1 aromatic carbocycles. The van der Waals surface area contributed by atoms with E-state index in [1.807, 2.05) is 0 Å². The molecular weight excluding hydrogens is 305 g/mol. The van der Waals surface area contributed by atoms with E-state index in [2.05, 4.69) is 5.32 Å². The average molecular weight is 319 g/mol. The number of hydrogen-bond acceptors (Lipinski definition) is 5. The molecular formula is C11H14FN3O5S. The van der Waals surface area contributed by atoms with Crippen LogP contribution in [0.4, 0.5) is 10.1 Å². The lowest BCUT2D eigenvalue weighted by atomic mass is 10.1. The first-order chi connectivity index (χ1) is 9.33. The second-order valence-electron chi connectivity index (χ2n) is 5.31. The summed E-state index contributed by atoms with van der Waals surface area (Å²) in [6, 6.07) is 1.13. The average Bonchev–Trinajstić information content (AvgIpc) is 2.24. The van der Waals surface area contributed by atoms with Crippen LogP contribution < -0.4 is 10.5 Å². The number of amides is 1. The number of carbonyl (C=O) groups excluding carboxylic acids is 1. The fraction of sp³-hybridized carbons (Fsp3) is 0.364. The number of nitrogens with two attached hydrogens (primary N) is 1. The molecule has 1 rings (SSSR count). The van der Waals surface area contributed by atoms with Gasteiger partial charge in [-0.25, -0.2) is 17.9 Å². The SMILES string of the molecule is CC(C)(C)NC(=O)c1cc([N+](=O)[O-])cc(S(N)(=O)=O)c1F.